The Bertz CT molecular complexity index is 510. The van der Waals surface area contributed by atoms with Crippen LogP contribution in [0.15, 0.2) is 11.8 Å². The molecule has 4 heteroatoms. The SMILES string of the molecule is CCCCNC(=O)/C(C#N)=C\NC(C)C12CC3CC(CC(C3)C1)C2. The molecular formula is C20H31N3O. The smallest absolute Gasteiger partial charge is 0.263 e. The summed E-state index contributed by atoms with van der Waals surface area (Å²) in [7, 11) is 0. The lowest BCUT2D eigenvalue weighted by Gasteiger charge is -2.59. The molecular weight excluding hydrogens is 298 g/mol. The molecule has 0 saturated heterocycles. The number of amides is 1. The summed E-state index contributed by atoms with van der Waals surface area (Å²) in [6.45, 7) is 4.97. The van der Waals surface area contributed by atoms with Crippen molar-refractivity contribution in [2.75, 3.05) is 6.54 Å². The van der Waals surface area contributed by atoms with Gasteiger partial charge in [0.1, 0.15) is 11.6 Å². The molecule has 4 rings (SSSR count). The highest BCUT2D eigenvalue weighted by Gasteiger charge is 2.52. The van der Waals surface area contributed by atoms with Crippen molar-refractivity contribution in [3.05, 3.63) is 11.8 Å². The van der Waals surface area contributed by atoms with Crippen molar-refractivity contribution in [3.8, 4) is 6.07 Å². The Kier molecular flexibility index (Phi) is 5.18. The van der Waals surface area contributed by atoms with E-state index in [1.54, 1.807) is 6.20 Å². The van der Waals surface area contributed by atoms with Gasteiger partial charge in [-0.3, -0.25) is 4.79 Å². The molecule has 0 radical (unpaired) electrons. The Morgan fingerprint density at radius 2 is 1.83 bits per heavy atom. The molecule has 1 amide bonds. The second-order valence-corrected chi connectivity index (χ2v) is 8.45. The van der Waals surface area contributed by atoms with E-state index < -0.39 is 0 Å². The first-order valence-electron chi connectivity index (χ1n) is 9.71. The van der Waals surface area contributed by atoms with Gasteiger partial charge in [0.25, 0.3) is 5.91 Å². The summed E-state index contributed by atoms with van der Waals surface area (Å²) in [6, 6.07) is 2.38. The topological polar surface area (TPSA) is 64.9 Å². The minimum Gasteiger partial charge on any atom is -0.387 e. The van der Waals surface area contributed by atoms with Crippen LogP contribution in [0, 0.1) is 34.5 Å². The predicted octanol–water partition coefficient (Wildman–Crippen LogP) is 3.50. The number of carbonyl (C=O) groups excluding carboxylic acids is 1. The fraction of sp³-hybridized carbons (Fsp3) is 0.800. The first-order valence-corrected chi connectivity index (χ1v) is 9.71. The second kappa shape index (κ2) is 7.17. The van der Waals surface area contributed by atoms with Gasteiger partial charge in [-0.2, -0.15) is 5.26 Å². The van der Waals surface area contributed by atoms with E-state index >= 15 is 0 Å². The molecule has 0 spiro atoms. The van der Waals surface area contributed by atoms with Crippen LogP contribution in [0.25, 0.3) is 0 Å². The van der Waals surface area contributed by atoms with Gasteiger partial charge in [0.05, 0.1) is 0 Å². The maximum absolute atomic E-state index is 12.1. The van der Waals surface area contributed by atoms with E-state index in [4.69, 9.17) is 0 Å². The van der Waals surface area contributed by atoms with E-state index in [0.29, 0.717) is 18.0 Å². The molecule has 0 aliphatic heterocycles. The molecule has 4 bridgehead atoms. The number of unbranched alkanes of at least 4 members (excludes halogenated alkanes) is 1. The average Bonchev–Trinajstić information content (AvgIpc) is 2.54. The monoisotopic (exact) mass is 329 g/mol. The van der Waals surface area contributed by atoms with Crippen LogP contribution in [-0.4, -0.2) is 18.5 Å². The van der Waals surface area contributed by atoms with E-state index in [1.807, 2.05) is 6.07 Å². The van der Waals surface area contributed by atoms with Crippen LogP contribution in [0.3, 0.4) is 0 Å². The van der Waals surface area contributed by atoms with E-state index in [-0.39, 0.29) is 11.5 Å². The zero-order valence-electron chi connectivity index (χ0n) is 15.1. The molecule has 2 N–H and O–H groups in total. The molecule has 132 valence electrons. The van der Waals surface area contributed by atoms with Gasteiger partial charge in [0.15, 0.2) is 0 Å². The van der Waals surface area contributed by atoms with Gasteiger partial charge in [0.2, 0.25) is 0 Å². The summed E-state index contributed by atoms with van der Waals surface area (Å²) < 4.78 is 0. The van der Waals surface area contributed by atoms with Gasteiger partial charge in [-0.05, 0) is 75.0 Å². The number of rotatable bonds is 7. The highest BCUT2D eigenvalue weighted by Crippen LogP contribution is 2.61. The van der Waals surface area contributed by atoms with Gasteiger partial charge in [0, 0.05) is 18.8 Å². The molecule has 4 aliphatic carbocycles. The Balaban J connectivity index is 1.60. The van der Waals surface area contributed by atoms with Crippen LogP contribution in [-0.2, 0) is 4.79 Å². The zero-order chi connectivity index (χ0) is 17.2. The number of nitriles is 1. The minimum atomic E-state index is -0.254. The quantitative estimate of drug-likeness (QED) is 0.427. The third-order valence-corrected chi connectivity index (χ3v) is 6.66. The van der Waals surface area contributed by atoms with Crippen LogP contribution in [0.5, 0.6) is 0 Å². The summed E-state index contributed by atoms with van der Waals surface area (Å²) in [5.41, 5.74) is 0.576. The molecule has 4 fully saturated rings. The number of hydrogen-bond donors (Lipinski definition) is 2. The zero-order valence-corrected chi connectivity index (χ0v) is 15.1. The van der Waals surface area contributed by atoms with E-state index in [9.17, 15) is 10.1 Å². The lowest BCUT2D eigenvalue weighted by atomic mass is 9.48. The summed E-state index contributed by atoms with van der Waals surface area (Å²) >= 11 is 0. The summed E-state index contributed by atoms with van der Waals surface area (Å²) in [5.74, 6) is 2.49. The third-order valence-electron chi connectivity index (χ3n) is 6.66. The lowest BCUT2D eigenvalue weighted by Crippen LogP contribution is -2.54. The molecule has 4 aliphatic rings. The number of nitrogens with zero attached hydrogens (tertiary/aromatic N) is 1. The van der Waals surface area contributed by atoms with E-state index in [2.05, 4.69) is 24.5 Å². The molecule has 0 aromatic heterocycles. The normalized spacial score (nSPS) is 35.4. The maximum Gasteiger partial charge on any atom is 0.263 e. The van der Waals surface area contributed by atoms with Crippen molar-refractivity contribution >= 4 is 5.91 Å². The van der Waals surface area contributed by atoms with Crippen LogP contribution >= 0.6 is 0 Å². The molecule has 4 saturated carbocycles. The summed E-state index contributed by atoms with van der Waals surface area (Å²) in [5, 5.41) is 15.5. The van der Waals surface area contributed by atoms with Crippen molar-refractivity contribution in [2.45, 2.75) is 71.3 Å². The van der Waals surface area contributed by atoms with Gasteiger partial charge >= 0.3 is 0 Å². The number of hydrogen-bond acceptors (Lipinski definition) is 3. The molecule has 0 aromatic rings. The predicted molar refractivity (Wildman–Crippen MR) is 94.8 cm³/mol. The number of carbonyl (C=O) groups is 1. The molecule has 0 aromatic carbocycles. The van der Waals surface area contributed by atoms with Crippen molar-refractivity contribution in [3.63, 3.8) is 0 Å². The van der Waals surface area contributed by atoms with E-state index in [0.717, 1.165) is 30.6 Å². The highest BCUT2D eigenvalue weighted by molar-refractivity contribution is 5.97. The average molecular weight is 329 g/mol. The van der Waals surface area contributed by atoms with Gasteiger partial charge < -0.3 is 10.6 Å². The molecule has 24 heavy (non-hydrogen) atoms. The maximum atomic E-state index is 12.1. The van der Waals surface area contributed by atoms with Crippen molar-refractivity contribution < 1.29 is 4.79 Å². The van der Waals surface area contributed by atoms with Gasteiger partial charge in [-0.25, -0.2) is 0 Å². The van der Waals surface area contributed by atoms with Gasteiger partial charge in [-0.15, -0.1) is 0 Å². The van der Waals surface area contributed by atoms with E-state index in [1.165, 1.54) is 38.5 Å². The fourth-order valence-electron chi connectivity index (χ4n) is 5.72. The molecule has 4 nitrogen and oxygen atoms in total. The lowest BCUT2D eigenvalue weighted by molar-refractivity contribution is -0.117. The Morgan fingerprint density at radius 1 is 1.25 bits per heavy atom. The molecule has 1 atom stereocenters. The van der Waals surface area contributed by atoms with Crippen molar-refractivity contribution in [2.24, 2.45) is 23.2 Å². The van der Waals surface area contributed by atoms with Crippen molar-refractivity contribution in [1.82, 2.24) is 10.6 Å². The Morgan fingerprint density at radius 3 is 2.33 bits per heavy atom. The highest BCUT2D eigenvalue weighted by atomic mass is 16.1. The Hall–Kier alpha value is -1.50. The van der Waals surface area contributed by atoms with Crippen molar-refractivity contribution in [1.29, 1.82) is 5.26 Å². The largest absolute Gasteiger partial charge is 0.387 e. The van der Waals surface area contributed by atoms with Crippen LogP contribution < -0.4 is 10.6 Å². The first kappa shape index (κ1) is 17.3. The minimum absolute atomic E-state index is 0.197. The standard InChI is InChI=1S/C20H31N3O/c1-3-4-5-22-19(24)18(12-21)13-23-14(2)20-9-15-6-16(10-20)8-17(7-15)11-20/h13-17,23H,3-11H2,1-2H3,(H,22,24)/b18-13-. The summed E-state index contributed by atoms with van der Waals surface area (Å²) in [4.78, 5) is 12.1. The fourth-order valence-corrected chi connectivity index (χ4v) is 5.72. The first-order chi connectivity index (χ1) is 11.6. The van der Waals surface area contributed by atoms with Gasteiger partial charge in [-0.1, -0.05) is 13.3 Å². The Labute approximate surface area is 146 Å². The van der Waals surface area contributed by atoms with Crippen LogP contribution in [0.2, 0.25) is 0 Å². The summed E-state index contributed by atoms with van der Waals surface area (Å²) in [6.07, 6.45) is 11.9. The van der Waals surface area contributed by atoms with Crippen LogP contribution in [0.1, 0.15) is 65.2 Å². The number of nitrogens with one attached hydrogen (secondary N) is 2. The molecule has 1 unspecified atom stereocenters. The third kappa shape index (κ3) is 3.45. The van der Waals surface area contributed by atoms with Crippen LogP contribution in [0.4, 0.5) is 0 Å². The second-order valence-electron chi connectivity index (χ2n) is 8.45. The molecule has 0 heterocycles.